The fraction of sp³-hybridized carbons (Fsp3) is 0.300. The molecule has 0 aliphatic heterocycles. The zero-order valence-corrected chi connectivity index (χ0v) is 9.50. The summed E-state index contributed by atoms with van der Waals surface area (Å²) < 4.78 is 4.87. The molecule has 3 heteroatoms. The van der Waals surface area contributed by atoms with Gasteiger partial charge in [-0.25, -0.2) is 0 Å². The van der Waals surface area contributed by atoms with E-state index in [4.69, 9.17) is 4.74 Å². The van der Waals surface area contributed by atoms with Crippen LogP contribution in [-0.2, 0) is 11.3 Å². The summed E-state index contributed by atoms with van der Waals surface area (Å²) in [5, 5.41) is 0. The van der Waals surface area contributed by atoms with Crippen LogP contribution in [0.4, 0.5) is 0 Å². The average Bonchev–Trinajstić information content (AvgIpc) is 2.19. The summed E-state index contributed by atoms with van der Waals surface area (Å²) in [5.41, 5.74) is 1.21. The van der Waals surface area contributed by atoms with Gasteiger partial charge in [-0.1, -0.05) is 6.07 Å². The number of ether oxygens (including phenoxy) is 1. The molecule has 1 radical (unpaired) electrons. The summed E-state index contributed by atoms with van der Waals surface area (Å²) in [6.07, 6.45) is 4.16. The third kappa shape index (κ3) is 2.93. The Hall–Kier alpha value is -0.120. The van der Waals surface area contributed by atoms with E-state index in [0.29, 0.717) is 6.61 Å². The molecule has 0 saturated carbocycles. The van der Waals surface area contributed by atoms with Gasteiger partial charge in [0.2, 0.25) is 0 Å². The van der Waals surface area contributed by atoms with Crippen LogP contribution >= 0.6 is 23.5 Å². The molecule has 0 aliphatic rings. The van der Waals surface area contributed by atoms with Crippen molar-refractivity contribution in [3.8, 4) is 0 Å². The maximum atomic E-state index is 4.87. The van der Waals surface area contributed by atoms with Gasteiger partial charge in [0.1, 0.15) is 0 Å². The van der Waals surface area contributed by atoms with E-state index in [0.717, 1.165) is 0 Å². The molecule has 1 rings (SSSR count). The van der Waals surface area contributed by atoms with E-state index in [1.807, 2.05) is 0 Å². The van der Waals surface area contributed by atoms with Gasteiger partial charge in [0.15, 0.2) is 0 Å². The van der Waals surface area contributed by atoms with Crippen molar-refractivity contribution in [1.82, 2.24) is 0 Å². The lowest BCUT2D eigenvalue weighted by molar-refractivity contribution is 0.226. The Kier molecular flexibility index (Phi) is 4.70. The van der Waals surface area contributed by atoms with E-state index in [1.54, 1.807) is 23.5 Å². The number of benzene rings is 1. The van der Waals surface area contributed by atoms with Crippen LogP contribution < -0.4 is 0 Å². The Morgan fingerprint density at radius 1 is 1.31 bits per heavy atom. The molecule has 1 nitrogen and oxygen atoms in total. The largest absolute Gasteiger partial charge is 0.374 e. The first-order valence-corrected chi connectivity index (χ1v) is 6.34. The van der Waals surface area contributed by atoms with Crippen LogP contribution in [0.1, 0.15) is 5.56 Å². The molecule has 13 heavy (non-hydrogen) atoms. The molecule has 71 valence electrons. The topological polar surface area (TPSA) is 9.23 Å². The fourth-order valence-electron chi connectivity index (χ4n) is 1.08. The molecule has 0 heterocycles. The van der Waals surface area contributed by atoms with E-state index in [2.05, 4.69) is 37.8 Å². The van der Waals surface area contributed by atoms with Crippen molar-refractivity contribution >= 4 is 23.5 Å². The second-order valence-corrected chi connectivity index (χ2v) is 4.25. The normalized spacial score (nSPS) is 10.4. The van der Waals surface area contributed by atoms with E-state index in [1.165, 1.54) is 15.4 Å². The van der Waals surface area contributed by atoms with Crippen LogP contribution in [0.15, 0.2) is 28.0 Å². The maximum Gasteiger partial charge on any atom is 0.0728 e. The Morgan fingerprint density at radius 2 is 2.08 bits per heavy atom. The standard InChI is InChI=1S/C10H13OS2/c1-11-7-8-4-5-9(12-2)6-10(8)13-3/h4-6H,1,7H2,2-3H3. The molecule has 0 N–H and O–H groups in total. The number of thioether (sulfide) groups is 2. The van der Waals surface area contributed by atoms with E-state index < -0.39 is 0 Å². The Labute approximate surface area is 88.3 Å². The quantitative estimate of drug-likeness (QED) is 0.709. The van der Waals surface area contributed by atoms with Crippen LogP contribution in [-0.4, -0.2) is 12.5 Å². The highest BCUT2D eigenvalue weighted by molar-refractivity contribution is 7.99. The van der Waals surface area contributed by atoms with Crippen LogP contribution in [0.5, 0.6) is 0 Å². The van der Waals surface area contributed by atoms with Crippen molar-refractivity contribution in [2.75, 3.05) is 12.5 Å². The summed E-state index contributed by atoms with van der Waals surface area (Å²) in [7, 11) is 3.38. The van der Waals surface area contributed by atoms with Crippen molar-refractivity contribution < 1.29 is 4.74 Å². The predicted octanol–water partition coefficient (Wildman–Crippen LogP) is 3.44. The van der Waals surface area contributed by atoms with Gasteiger partial charge in [-0.3, -0.25) is 0 Å². The molecule has 0 saturated heterocycles. The lowest BCUT2D eigenvalue weighted by atomic mass is 10.2. The Balaban J connectivity index is 2.93. The zero-order valence-electron chi connectivity index (χ0n) is 7.87. The SMILES string of the molecule is [CH2]OCc1ccc(SC)cc1SC. The van der Waals surface area contributed by atoms with Crippen molar-refractivity contribution in [3.63, 3.8) is 0 Å². The lowest BCUT2D eigenvalue weighted by Gasteiger charge is -2.07. The van der Waals surface area contributed by atoms with Gasteiger partial charge in [0.05, 0.1) is 13.7 Å². The third-order valence-corrected chi connectivity index (χ3v) is 3.30. The molecule has 0 amide bonds. The van der Waals surface area contributed by atoms with Crippen molar-refractivity contribution in [1.29, 1.82) is 0 Å². The van der Waals surface area contributed by atoms with Gasteiger partial charge < -0.3 is 4.74 Å². The minimum Gasteiger partial charge on any atom is -0.374 e. The first kappa shape index (κ1) is 11.0. The maximum absolute atomic E-state index is 4.87. The van der Waals surface area contributed by atoms with Crippen LogP contribution in [0.25, 0.3) is 0 Å². The molecule has 0 aliphatic carbocycles. The highest BCUT2D eigenvalue weighted by atomic mass is 32.2. The first-order valence-electron chi connectivity index (χ1n) is 3.89. The number of rotatable bonds is 4. The Bertz CT molecular complexity index is 274. The molecule has 0 spiro atoms. The van der Waals surface area contributed by atoms with E-state index >= 15 is 0 Å². The molecule has 0 bridgehead atoms. The Morgan fingerprint density at radius 3 is 2.62 bits per heavy atom. The molecular weight excluding hydrogens is 200 g/mol. The number of hydrogen-bond donors (Lipinski definition) is 0. The summed E-state index contributed by atoms with van der Waals surface area (Å²) in [5.74, 6) is 0. The third-order valence-electron chi connectivity index (χ3n) is 1.75. The second-order valence-electron chi connectivity index (χ2n) is 2.53. The molecule has 1 aromatic carbocycles. The lowest BCUT2D eigenvalue weighted by Crippen LogP contribution is -1.89. The van der Waals surface area contributed by atoms with Crippen LogP contribution in [0.2, 0.25) is 0 Å². The summed E-state index contributed by atoms with van der Waals surface area (Å²) in [6, 6.07) is 6.39. The molecule has 0 unspecified atom stereocenters. The smallest absolute Gasteiger partial charge is 0.0728 e. The van der Waals surface area contributed by atoms with Crippen molar-refractivity contribution in [3.05, 3.63) is 30.9 Å². The molecule has 0 fully saturated rings. The molecular formula is C10H13OS2. The summed E-state index contributed by atoms with van der Waals surface area (Å²) in [6.45, 7) is 0.588. The second kappa shape index (κ2) is 5.58. The van der Waals surface area contributed by atoms with Gasteiger partial charge in [0.25, 0.3) is 0 Å². The molecule has 0 aromatic heterocycles. The summed E-state index contributed by atoms with van der Waals surface area (Å²) >= 11 is 3.50. The first-order chi connectivity index (χ1) is 6.31. The van der Waals surface area contributed by atoms with E-state index in [-0.39, 0.29) is 0 Å². The van der Waals surface area contributed by atoms with Crippen LogP contribution in [0, 0.1) is 7.11 Å². The van der Waals surface area contributed by atoms with Gasteiger partial charge in [-0.15, -0.1) is 23.5 Å². The fourth-order valence-corrected chi connectivity index (χ4v) is 2.23. The summed E-state index contributed by atoms with van der Waals surface area (Å²) in [4.78, 5) is 2.56. The minimum absolute atomic E-state index is 0.588. The monoisotopic (exact) mass is 213 g/mol. The van der Waals surface area contributed by atoms with Crippen LogP contribution in [0.3, 0.4) is 0 Å². The van der Waals surface area contributed by atoms with Gasteiger partial charge in [-0.2, -0.15) is 0 Å². The minimum atomic E-state index is 0.588. The average molecular weight is 213 g/mol. The van der Waals surface area contributed by atoms with Gasteiger partial charge in [0, 0.05) is 9.79 Å². The van der Waals surface area contributed by atoms with Gasteiger partial charge >= 0.3 is 0 Å². The zero-order chi connectivity index (χ0) is 9.68. The van der Waals surface area contributed by atoms with Crippen molar-refractivity contribution in [2.45, 2.75) is 16.4 Å². The highest BCUT2D eigenvalue weighted by Crippen LogP contribution is 2.26. The molecule has 1 aromatic rings. The molecule has 0 atom stereocenters. The van der Waals surface area contributed by atoms with Crippen molar-refractivity contribution in [2.24, 2.45) is 0 Å². The predicted molar refractivity (Wildman–Crippen MR) is 60.2 cm³/mol. The van der Waals surface area contributed by atoms with E-state index in [9.17, 15) is 0 Å². The highest BCUT2D eigenvalue weighted by Gasteiger charge is 2.01. The number of hydrogen-bond acceptors (Lipinski definition) is 3. The van der Waals surface area contributed by atoms with Gasteiger partial charge in [-0.05, 0) is 30.2 Å².